The number of aliphatic hydroxyl groups excluding tert-OH is 1. The van der Waals surface area contributed by atoms with Crippen LogP contribution in [0.2, 0.25) is 0 Å². The molecule has 0 fully saturated rings. The molecule has 0 aromatic heterocycles. The summed E-state index contributed by atoms with van der Waals surface area (Å²) in [5.41, 5.74) is -0.514. The highest BCUT2D eigenvalue weighted by Gasteiger charge is 2.25. The number of nitrogens with one attached hydrogen (secondary N) is 2. The lowest BCUT2D eigenvalue weighted by Crippen LogP contribution is -2.52. The van der Waals surface area contributed by atoms with E-state index in [-0.39, 0.29) is 12.0 Å². The lowest BCUT2D eigenvalue weighted by atomic mass is 10.0. The molecule has 0 bridgehead atoms. The molecule has 0 aromatic rings. The van der Waals surface area contributed by atoms with Crippen molar-refractivity contribution < 1.29 is 9.90 Å². The van der Waals surface area contributed by atoms with E-state index in [4.69, 9.17) is 5.11 Å². The largest absolute Gasteiger partial charge is 0.393 e. The summed E-state index contributed by atoms with van der Waals surface area (Å²) >= 11 is 0. The first-order valence-electron chi connectivity index (χ1n) is 5.61. The van der Waals surface area contributed by atoms with Gasteiger partial charge >= 0.3 is 0 Å². The lowest BCUT2D eigenvalue weighted by molar-refractivity contribution is -0.126. The van der Waals surface area contributed by atoms with Crippen molar-refractivity contribution in [1.29, 1.82) is 0 Å². The molecule has 1 atom stereocenters. The summed E-state index contributed by atoms with van der Waals surface area (Å²) < 4.78 is 0. The predicted molar refractivity (Wildman–Crippen MR) is 61.7 cm³/mol. The van der Waals surface area contributed by atoms with Gasteiger partial charge in [0.25, 0.3) is 0 Å². The summed E-state index contributed by atoms with van der Waals surface area (Å²) in [6.45, 7) is 8.85. The Morgan fingerprint density at radius 3 is 2.53 bits per heavy atom. The molecule has 90 valence electrons. The minimum Gasteiger partial charge on any atom is -0.393 e. The van der Waals surface area contributed by atoms with Crippen LogP contribution in [-0.2, 0) is 4.79 Å². The van der Waals surface area contributed by atoms with Crippen molar-refractivity contribution in [2.75, 3.05) is 13.1 Å². The Morgan fingerprint density at radius 2 is 2.07 bits per heavy atom. The molecular formula is C11H24N2O2. The van der Waals surface area contributed by atoms with Gasteiger partial charge in [0.2, 0.25) is 5.91 Å². The summed E-state index contributed by atoms with van der Waals surface area (Å²) in [6.07, 6.45) is 1.25. The fourth-order valence-corrected chi connectivity index (χ4v) is 1.34. The van der Waals surface area contributed by atoms with Crippen molar-refractivity contribution in [2.45, 2.75) is 52.2 Å². The molecule has 0 heterocycles. The Balaban J connectivity index is 3.73. The second-order valence-electron chi connectivity index (χ2n) is 4.40. The maximum Gasteiger partial charge on any atom is 0.239 e. The second-order valence-corrected chi connectivity index (χ2v) is 4.40. The first kappa shape index (κ1) is 14.4. The number of likely N-dealkylation sites (N-methyl/N-ethyl adjacent to an activating group) is 1. The Kier molecular flexibility index (Phi) is 6.52. The Morgan fingerprint density at radius 1 is 1.47 bits per heavy atom. The fourth-order valence-electron chi connectivity index (χ4n) is 1.34. The molecule has 0 aliphatic rings. The molecule has 3 N–H and O–H groups in total. The van der Waals surface area contributed by atoms with E-state index in [1.54, 1.807) is 6.92 Å². The van der Waals surface area contributed by atoms with Crippen LogP contribution in [0.4, 0.5) is 0 Å². The van der Waals surface area contributed by atoms with Gasteiger partial charge in [-0.3, -0.25) is 4.79 Å². The molecule has 0 rings (SSSR count). The van der Waals surface area contributed by atoms with Crippen LogP contribution in [0.5, 0.6) is 0 Å². The van der Waals surface area contributed by atoms with Gasteiger partial charge in [0.15, 0.2) is 0 Å². The van der Waals surface area contributed by atoms with Gasteiger partial charge in [0.1, 0.15) is 0 Å². The number of hydrogen-bond acceptors (Lipinski definition) is 3. The number of aliphatic hydroxyl groups is 1. The van der Waals surface area contributed by atoms with E-state index < -0.39 is 5.54 Å². The van der Waals surface area contributed by atoms with Crippen molar-refractivity contribution in [3.8, 4) is 0 Å². The van der Waals surface area contributed by atoms with Crippen molar-refractivity contribution in [3.63, 3.8) is 0 Å². The minimum atomic E-state index is -0.514. The minimum absolute atomic E-state index is 0.00921. The fraction of sp³-hybridized carbons (Fsp3) is 0.909. The van der Waals surface area contributed by atoms with E-state index in [1.807, 2.05) is 20.8 Å². The van der Waals surface area contributed by atoms with Gasteiger partial charge in [-0.25, -0.2) is 0 Å². The van der Waals surface area contributed by atoms with E-state index in [2.05, 4.69) is 10.6 Å². The van der Waals surface area contributed by atoms with Gasteiger partial charge in [0.05, 0.1) is 11.6 Å². The summed E-state index contributed by atoms with van der Waals surface area (Å²) in [5.74, 6) is 0.00921. The smallest absolute Gasteiger partial charge is 0.239 e. The number of hydrogen-bond donors (Lipinski definition) is 3. The van der Waals surface area contributed by atoms with Crippen LogP contribution in [-0.4, -0.2) is 35.7 Å². The van der Waals surface area contributed by atoms with Crippen LogP contribution >= 0.6 is 0 Å². The van der Waals surface area contributed by atoms with Gasteiger partial charge in [-0.15, -0.1) is 0 Å². The van der Waals surface area contributed by atoms with E-state index in [0.29, 0.717) is 6.54 Å². The monoisotopic (exact) mass is 216 g/mol. The highest BCUT2D eigenvalue weighted by Crippen LogP contribution is 2.01. The molecule has 4 heteroatoms. The molecular weight excluding hydrogens is 192 g/mol. The number of carbonyl (C=O) groups is 1. The van der Waals surface area contributed by atoms with Crippen LogP contribution in [0.1, 0.15) is 40.5 Å². The first-order chi connectivity index (χ1) is 6.90. The summed E-state index contributed by atoms with van der Waals surface area (Å²) in [4.78, 5) is 11.7. The Bertz CT molecular complexity index is 191. The maximum absolute atomic E-state index is 11.7. The molecule has 0 spiro atoms. The standard InChI is InChI=1S/C11H24N2O2/c1-5-13-11(3,4)10(15)12-8-6-7-9(2)14/h9,13-14H,5-8H2,1-4H3,(H,12,15). The van der Waals surface area contributed by atoms with Crippen molar-refractivity contribution in [3.05, 3.63) is 0 Å². The zero-order valence-electron chi connectivity index (χ0n) is 10.3. The molecule has 1 unspecified atom stereocenters. The molecule has 4 nitrogen and oxygen atoms in total. The average molecular weight is 216 g/mol. The number of amides is 1. The number of rotatable bonds is 7. The maximum atomic E-state index is 11.7. The molecule has 0 saturated heterocycles. The van der Waals surface area contributed by atoms with E-state index in [9.17, 15) is 4.79 Å². The van der Waals surface area contributed by atoms with Gasteiger partial charge in [-0.2, -0.15) is 0 Å². The molecule has 0 radical (unpaired) electrons. The van der Waals surface area contributed by atoms with Gasteiger partial charge in [0, 0.05) is 6.54 Å². The Labute approximate surface area is 92.4 Å². The third kappa shape index (κ3) is 6.47. The van der Waals surface area contributed by atoms with Crippen LogP contribution in [0.25, 0.3) is 0 Å². The summed E-state index contributed by atoms with van der Waals surface area (Å²) in [7, 11) is 0. The molecule has 0 aliphatic carbocycles. The third-order valence-corrected chi connectivity index (χ3v) is 2.27. The molecule has 0 aromatic carbocycles. The molecule has 0 saturated carbocycles. The van der Waals surface area contributed by atoms with Gasteiger partial charge < -0.3 is 15.7 Å². The van der Waals surface area contributed by atoms with Gasteiger partial charge in [-0.05, 0) is 40.2 Å². The van der Waals surface area contributed by atoms with Crippen LogP contribution in [0, 0.1) is 0 Å². The lowest BCUT2D eigenvalue weighted by Gasteiger charge is -2.24. The first-order valence-corrected chi connectivity index (χ1v) is 5.61. The van der Waals surface area contributed by atoms with Crippen molar-refractivity contribution >= 4 is 5.91 Å². The number of carbonyl (C=O) groups excluding carboxylic acids is 1. The zero-order chi connectivity index (χ0) is 11.9. The van der Waals surface area contributed by atoms with Crippen molar-refractivity contribution in [2.24, 2.45) is 0 Å². The Hall–Kier alpha value is -0.610. The molecule has 0 aliphatic heterocycles. The molecule has 15 heavy (non-hydrogen) atoms. The van der Waals surface area contributed by atoms with E-state index in [0.717, 1.165) is 19.4 Å². The topological polar surface area (TPSA) is 61.4 Å². The van der Waals surface area contributed by atoms with Crippen LogP contribution < -0.4 is 10.6 Å². The quantitative estimate of drug-likeness (QED) is 0.548. The van der Waals surface area contributed by atoms with Crippen LogP contribution in [0.15, 0.2) is 0 Å². The van der Waals surface area contributed by atoms with Gasteiger partial charge in [-0.1, -0.05) is 6.92 Å². The normalized spacial score (nSPS) is 13.7. The van der Waals surface area contributed by atoms with E-state index >= 15 is 0 Å². The average Bonchev–Trinajstić information content (AvgIpc) is 2.11. The SMILES string of the molecule is CCNC(C)(C)C(=O)NCCCC(C)O. The predicted octanol–water partition coefficient (Wildman–Crippen LogP) is 0.652. The zero-order valence-corrected chi connectivity index (χ0v) is 10.3. The summed E-state index contributed by atoms with van der Waals surface area (Å²) in [6, 6.07) is 0. The third-order valence-electron chi connectivity index (χ3n) is 2.27. The highest BCUT2D eigenvalue weighted by molar-refractivity contribution is 5.85. The van der Waals surface area contributed by atoms with Crippen LogP contribution in [0.3, 0.4) is 0 Å². The van der Waals surface area contributed by atoms with E-state index in [1.165, 1.54) is 0 Å². The highest BCUT2D eigenvalue weighted by atomic mass is 16.3. The molecule has 1 amide bonds. The summed E-state index contributed by atoms with van der Waals surface area (Å²) in [5, 5.41) is 15.0. The second kappa shape index (κ2) is 6.80. The van der Waals surface area contributed by atoms with Crippen molar-refractivity contribution in [1.82, 2.24) is 10.6 Å².